The highest BCUT2D eigenvalue weighted by Gasteiger charge is 2.18. The van der Waals surface area contributed by atoms with Gasteiger partial charge >= 0.3 is 0 Å². The summed E-state index contributed by atoms with van der Waals surface area (Å²) in [5, 5.41) is 2.81. The van der Waals surface area contributed by atoms with Crippen LogP contribution < -0.4 is 19.1 Å². The second-order valence-corrected chi connectivity index (χ2v) is 8.79. The van der Waals surface area contributed by atoms with Gasteiger partial charge in [-0.25, -0.2) is 8.42 Å². The van der Waals surface area contributed by atoms with E-state index in [0.717, 1.165) is 12.0 Å². The zero-order chi connectivity index (χ0) is 21.4. The van der Waals surface area contributed by atoms with Crippen molar-refractivity contribution in [3.63, 3.8) is 0 Å². The number of hydrogen-bond acceptors (Lipinski definition) is 5. The third-order valence-corrected chi connectivity index (χ3v) is 5.21. The Kier molecular flexibility index (Phi) is 7.90. The zero-order valence-electron chi connectivity index (χ0n) is 17.2. The van der Waals surface area contributed by atoms with Gasteiger partial charge < -0.3 is 14.8 Å². The summed E-state index contributed by atoms with van der Waals surface area (Å²) < 4.78 is 36.4. The fourth-order valence-electron chi connectivity index (χ4n) is 2.75. The van der Waals surface area contributed by atoms with Crippen LogP contribution in [0.1, 0.15) is 26.7 Å². The number of amides is 1. The fraction of sp³-hybridized carbons (Fsp3) is 0.381. The van der Waals surface area contributed by atoms with Crippen LogP contribution in [0.15, 0.2) is 48.5 Å². The van der Waals surface area contributed by atoms with E-state index >= 15 is 0 Å². The van der Waals surface area contributed by atoms with Crippen molar-refractivity contribution in [1.29, 1.82) is 0 Å². The number of nitrogens with zero attached hydrogens (tertiary/aromatic N) is 1. The van der Waals surface area contributed by atoms with Crippen LogP contribution in [0.2, 0.25) is 0 Å². The first-order valence-corrected chi connectivity index (χ1v) is 11.2. The third kappa shape index (κ3) is 7.30. The molecule has 0 unspecified atom stereocenters. The van der Waals surface area contributed by atoms with Gasteiger partial charge in [-0.1, -0.05) is 6.07 Å². The van der Waals surface area contributed by atoms with E-state index in [4.69, 9.17) is 9.47 Å². The molecule has 0 bridgehead atoms. The number of ether oxygens (including phenoxy) is 2. The summed E-state index contributed by atoms with van der Waals surface area (Å²) in [5.41, 5.74) is 1.17. The molecule has 0 saturated heterocycles. The van der Waals surface area contributed by atoms with Gasteiger partial charge in [-0.15, -0.1) is 0 Å². The van der Waals surface area contributed by atoms with Crippen molar-refractivity contribution in [2.45, 2.75) is 32.8 Å². The van der Waals surface area contributed by atoms with Gasteiger partial charge in [-0.3, -0.25) is 9.10 Å². The van der Waals surface area contributed by atoms with Crippen molar-refractivity contribution < 1.29 is 22.7 Å². The minimum atomic E-state index is -3.48. The Morgan fingerprint density at radius 3 is 2.38 bits per heavy atom. The van der Waals surface area contributed by atoms with E-state index in [-0.39, 0.29) is 25.0 Å². The van der Waals surface area contributed by atoms with Gasteiger partial charge in [0.15, 0.2) is 0 Å². The first-order valence-electron chi connectivity index (χ1n) is 9.37. The predicted molar refractivity (Wildman–Crippen MR) is 115 cm³/mol. The van der Waals surface area contributed by atoms with Crippen LogP contribution in [0.25, 0.3) is 0 Å². The van der Waals surface area contributed by atoms with E-state index in [9.17, 15) is 13.2 Å². The van der Waals surface area contributed by atoms with Gasteiger partial charge in [-0.2, -0.15) is 0 Å². The predicted octanol–water partition coefficient (Wildman–Crippen LogP) is 3.67. The number of carbonyl (C=O) groups excluding carboxylic acids is 1. The quantitative estimate of drug-likeness (QED) is 0.634. The maximum atomic E-state index is 12.2. The lowest BCUT2D eigenvalue weighted by atomic mass is 10.2. The highest BCUT2D eigenvalue weighted by Crippen LogP contribution is 2.23. The van der Waals surface area contributed by atoms with Crippen LogP contribution in [0.4, 0.5) is 11.4 Å². The Hall–Kier alpha value is -2.74. The fourth-order valence-corrected chi connectivity index (χ4v) is 3.70. The standard InChI is InChI=1S/C21H28N2O5S/c1-16(2)28-19-12-10-17(11-13-19)22-21(24)9-6-14-23(29(4,25)26)18-7-5-8-20(15-18)27-3/h5,7-8,10-13,15-16H,6,9,14H2,1-4H3,(H,22,24). The number of carbonyl (C=O) groups is 1. The molecule has 0 aromatic heterocycles. The third-order valence-electron chi connectivity index (χ3n) is 4.02. The van der Waals surface area contributed by atoms with E-state index < -0.39 is 10.0 Å². The smallest absolute Gasteiger partial charge is 0.232 e. The number of anilines is 2. The van der Waals surface area contributed by atoms with Crippen molar-refractivity contribution in [3.8, 4) is 11.5 Å². The lowest BCUT2D eigenvalue weighted by Crippen LogP contribution is -2.31. The summed E-state index contributed by atoms with van der Waals surface area (Å²) in [4.78, 5) is 12.2. The molecule has 2 rings (SSSR count). The van der Waals surface area contributed by atoms with E-state index in [1.54, 1.807) is 48.5 Å². The Morgan fingerprint density at radius 2 is 1.79 bits per heavy atom. The van der Waals surface area contributed by atoms with Crippen LogP contribution in [0.5, 0.6) is 11.5 Å². The second-order valence-electron chi connectivity index (χ2n) is 6.88. The van der Waals surface area contributed by atoms with Gasteiger partial charge in [0.2, 0.25) is 15.9 Å². The summed E-state index contributed by atoms with van der Waals surface area (Å²) in [6.45, 7) is 4.09. The highest BCUT2D eigenvalue weighted by molar-refractivity contribution is 7.92. The normalized spacial score (nSPS) is 11.2. The molecule has 2 aromatic carbocycles. The molecular weight excluding hydrogens is 392 g/mol. The van der Waals surface area contributed by atoms with Crippen molar-refractivity contribution in [2.75, 3.05) is 29.5 Å². The molecule has 7 nitrogen and oxygen atoms in total. The summed E-state index contributed by atoms with van der Waals surface area (Å²) in [6, 6.07) is 14.0. The highest BCUT2D eigenvalue weighted by atomic mass is 32.2. The topological polar surface area (TPSA) is 84.9 Å². The molecule has 29 heavy (non-hydrogen) atoms. The van der Waals surface area contributed by atoms with Crippen LogP contribution >= 0.6 is 0 Å². The van der Waals surface area contributed by atoms with Crippen LogP contribution in [0.3, 0.4) is 0 Å². The minimum absolute atomic E-state index is 0.0813. The van der Waals surface area contributed by atoms with E-state index in [2.05, 4.69) is 5.32 Å². The van der Waals surface area contributed by atoms with E-state index in [0.29, 0.717) is 23.5 Å². The van der Waals surface area contributed by atoms with Gasteiger partial charge in [0.1, 0.15) is 11.5 Å². The molecule has 0 saturated carbocycles. The molecule has 1 N–H and O–H groups in total. The molecule has 158 valence electrons. The first-order chi connectivity index (χ1) is 13.7. The number of hydrogen-bond donors (Lipinski definition) is 1. The Balaban J connectivity index is 1.92. The molecule has 0 aliphatic carbocycles. The molecule has 2 aromatic rings. The molecule has 0 aliphatic rings. The first kappa shape index (κ1) is 22.5. The molecule has 0 radical (unpaired) electrons. The van der Waals surface area contributed by atoms with Gasteiger partial charge in [-0.05, 0) is 56.7 Å². The monoisotopic (exact) mass is 420 g/mol. The molecule has 0 aliphatic heterocycles. The number of methoxy groups -OCH3 is 1. The van der Waals surface area contributed by atoms with Crippen LogP contribution in [-0.2, 0) is 14.8 Å². The van der Waals surface area contributed by atoms with Crippen LogP contribution in [0, 0.1) is 0 Å². The maximum absolute atomic E-state index is 12.2. The Bertz CT molecular complexity index is 911. The molecule has 0 atom stereocenters. The Labute approximate surface area is 172 Å². The van der Waals surface area contributed by atoms with E-state index in [1.165, 1.54) is 11.4 Å². The minimum Gasteiger partial charge on any atom is -0.497 e. The molecule has 0 heterocycles. The van der Waals surface area contributed by atoms with Gasteiger partial charge in [0, 0.05) is 24.7 Å². The average Bonchev–Trinajstić information content (AvgIpc) is 2.65. The molecule has 1 amide bonds. The summed E-state index contributed by atoms with van der Waals surface area (Å²) >= 11 is 0. The van der Waals surface area contributed by atoms with Crippen molar-refractivity contribution >= 4 is 27.3 Å². The van der Waals surface area contributed by atoms with Crippen LogP contribution in [-0.4, -0.2) is 40.3 Å². The average molecular weight is 421 g/mol. The SMILES string of the molecule is COc1cccc(N(CCCC(=O)Nc2ccc(OC(C)C)cc2)S(C)(=O)=O)c1. The zero-order valence-corrected chi connectivity index (χ0v) is 18.0. The van der Waals surface area contributed by atoms with Crippen molar-refractivity contribution in [3.05, 3.63) is 48.5 Å². The maximum Gasteiger partial charge on any atom is 0.232 e. The number of rotatable bonds is 10. The van der Waals surface area contributed by atoms with Crippen molar-refractivity contribution in [1.82, 2.24) is 0 Å². The molecule has 0 fully saturated rings. The van der Waals surface area contributed by atoms with E-state index in [1.807, 2.05) is 13.8 Å². The lowest BCUT2D eigenvalue weighted by molar-refractivity contribution is -0.116. The van der Waals surface area contributed by atoms with Gasteiger partial charge in [0.25, 0.3) is 0 Å². The lowest BCUT2D eigenvalue weighted by Gasteiger charge is -2.22. The molecule has 8 heteroatoms. The number of sulfonamides is 1. The van der Waals surface area contributed by atoms with Gasteiger partial charge in [0.05, 0.1) is 25.2 Å². The summed E-state index contributed by atoms with van der Waals surface area (Å²) in [5.74, 6) is 1.13. The molecular formula is C21H28N2O5S. The van der Waals surface area contributed by atoms with Crippen molar-refractivity contribution in [2.24, 2.45) is 0 Å². The second kappa shape index (κ2) is 10.2. The summed E-state index contributed by atoms with van der Waals surface area (Å²) in [6.07, 6.45) is 1.80. The number of nitrogens with one attached hydrogen (secondary N) is 1. The molecule has 0 spiro atoms. The number of benzene rings is 2. The largest absolute Gasteiger partial charge is 0.497 e. The summed E-state index contributed by atoms with van der Waals surface area (Å²) in [7, 11) is -1.96. The Morgan fingerprint density at radius 1 is 1.10 bits per heavy atom.